The number of anilines is 1. The standard InChI is InChI=1S/C16H17NO/c1-12-5-4-6-14(9-12)17-10-13-11-18-16-8-3-2-7-15(13)16/h2-9,13,17H,10-11H2,1H3. The Hall–Kier alpha value is -1.96. The summed E-state index contributed by atoms with van der Waals surface area (Å²) in [5.41, 5.74) is 3.78. The molecule has 0 aliphatic carbocycles. The average molecular weight is 239 g/mol. The number of fused-ring (bicyclic) bond motifs is 1. The van der Waals surface area contributed by atoms with Crippen LogP contribution in [0.2, 0.25) is 0 Å². The lowest BCUT2D eigenvalue weighted by Gasteiger charge is -2.12. The van der Waals surface area contributed by atoms with Crippen LogP contribution in [0, 0.1) is 6.92 Å². The predicted molar refractivity (Wildman–Crippen MR) is 74.3 cm³/mol. The van der Waals surface area contributed by atoms with Gasteiger partial charge in [0.05, 0.1) is 6.61 Å². The Morgan fingerprint density at radius 3 is 2.94 bits per heavy atom. The van der Waals surface area contributed by atoms with E-state index in [0.29, 0.717) is 5.92 Å². The molecule has 0 radical (unpaired) electrons. The van der Waals surface area contributed by atoms with Gasteiger partial charge in [-0.15, -0.1) is 0 Å². The van der Waals surface area contributed by atoms with Crippen LogP contribution in [-0.4, -0.2) is 13.2 Å². The molecule has 1 heterocycles. The monoisotopic (exact) mass is 239 g/mol. The van der Waals surface area contributed by atoms with E-state index in [4.69, 9.17) is 4.74 Å². The van der Waals surface area contributed by atoms with E-state index in [-0.39, 0.29) is 0 Å². The molecule has 0 aromatic heterocycles. The van der Waals surface area contributed by atoms with Crippen molar-refractivity contribution in [1.82, 2.24) is 0 Å². The minimum Gasteiger partial charge on any atom is -0.493 e. The number of hydrogen-bond acceptors (Lipinski definition) is 2. The molecule has 92 valence electrons. The molecule has 3 rings (SSSR count). The van der Waals surface area contributed by atoms with Crippen molar-refractivity contribution in [3.63, 3.8) is 0 Å². The van der Waals surface area contributed by atoms with Gasteiger partial charge in [0, 0.05) is 23.7 Å². The molecular weight excluding hydrogens is 222 g/mol. The summed E-state index contributed by atoms with van der Waals surface area (Å²) in [4.78, 5) is 0. The third kappa shape index (κ3) is 2.19. The molecule has 0 saturated carbocycles. The summed E-state index contributed by atoms with van der Waals surface area (Å²) >= 11 is 0. The van der Waals surface area contributed by atoms with Gasteiger partial charge in [0.15, 0.2) is 0 Å². The van der Waals surface area contributed by atoms with E-state index >= 15 is 0 Å². The fraction of sp³-hybridized carbons (Fsp3) is 0.250. The molecule has 0 saturated heterocycles. The molecule has 2 heteroatoms. The molecular formula is C16H17NO. The lowest BCUT2D eigenvalue weighted by molar-refractivity contribution is 0.334. The Bertz CT molecular complexity index is 550. The summed E-state index contributed by atoms with van der Waals surface area (Å²) in [6.45, 7) is 3.80. The van der Waals surface area contributed by atoms with Crippen molar-refractivity contribution < 1.29 is 4.74 Å². The summed E-state index contributed by atoms with van der Waals surface area (Å²) in [7, 11) is 0. The highest BCUT2D eigenvalue weighted by Crippen LogP contribution is 2.33. The third-order valence-corrected chi connectivity index (χ3v) is 3.37. The molecule has 18 heavy (non-hydrogen) atoms. The molecule has 1 aliphatic rings. The van der Waals surface area contributed by atoms with Crippen LogP contribution >= 0.6 is 0 Å². The Kier molecular flexibility index (Phi) is 2.93. The topological polar surface area (TPSA) is 21.3 Å². The minimum atomic E-state index is 0.446. The lowest BCUT2D eigenvalue weighted by atomic mass is 10.0. The highest BCUT2D eigenvalue weighted by molar-refractivity contribution is 5.47. The van der Waals surface area contributed by atoms with Gasteiger partial charge >= 0.3 is 0 Å². The molecule has 2 nitrogen and oxygen atoms in total. The SMILES string of the molecule is Cc1cccc(NCC2COc3ccccc32)c1. The van der Waals surface area contributed by atoms with Crippen LogP contribution in [0.15, 0.2) is 48.5 Å². The van der Waals surface area contributed by atoms with Crippen molar-refractivity contribution in [3.8, 4) is 5.75 Å². The maximum absolute atomic E-state index is 5.68. The first-order chi connectivity index (χ1) is 8.83. The zero-order chi connectivity index (χ0) is 12.4. The Morgan fingerprint density at radius 2 is 2.06 bits per heavy atom. The summed E-state index contributed by atoms with van der Waals surface area (Å²) < 4.78 is 5.68. The molecule has 0 spiro atoms. The van der Waals surface area contributed by atoms with E-state index in [2.05, 4.69) is 48.6 Å². The van der Waals surface area contributed by atoms with Crippen molar-refractivity contribution in [2.24, 2.45) is 0 Å². The first kappa shape index (κ1) is 11.1. The highest BCUT2D eigenvalue weighted by Gasteiger charge is 2.22. The highest BCUT2D eigenvalue weighted by atomic mass is 16.5. The van der Waals surface area contributed by atoms with E-state index in [9.17, 15) is 0 Å². The summed E-state index contributed by atoms with van der Waals surface area (Å²) in [6.07, 6.45) is 0. The zero-order valence-electron chi connectivity index (χ0n) is 10.5. The molecule has 0 amide bonds. The van der Waals surface area contributed by atoms with Crippen LogP contribution < -0.4 is 10.1 Å². The third-order valence-electron chi connectivity index (χ3n) is 3.37. The minimum absolute atomic E-state index is 0.446. The molecule has 2 aromatic carbocycles. The van der Waals surface area contributed by atoms with Crippen molar-refractivity contribution in [3.05, 3.63) is 59.7 Å². The van der Waals surface area contributed by atoms with E-state index in [0.717, 1.165) is 18.9 Å². The van der Waals surface area contributed by atoms with Crippen molar-refractivity contribution in [2.45, 2.75) is 12.8 Å². The Morgan fingerprint density at radius 1 is 1.17 bits per heavy atom. The van der Waals surface area contributed by atoms with E-state index in [1.165, 1.54) is 16.8 Å². The van der Waals surface area contributed by atoms with Crippen LogP contribution in [0.3, 0.4) is 0 Å². The number of ether oxygens (including phenoxy) is 1. The van der Waals surface area contributed by atoms with Crippen molar-refractivity contribution in [2.75, 3.05) is 18.5 Å². The van der Waals surface area contributed by atoms with Gasteiger partial charge in [-0.3, -0.25) is 0 Å². The number of hydrogen-bond donors (Lipinski definition) is 1. The number of aryl methyl sites for hydroxylation is 1. The maximum atomic E-state index is 5.68. The quantitative estimate of drug-likeness (QED) is 0.884. The van der Waals surface area contributed by atoms with Gasteiger partial charge < -0.3 is 10.1 Å². The fourth-order valence-electron chi connectivity index (χ4n) is 2.39. The van der Waals surface area contributed by atoms with Crippen molar-refractivity contribution >= 4 is 5.69 Å². The van der Waals surface area contributed by atoms with E-state index in [1.807, 2.05) is 12.1 Å². The summed E-state index contributed by atoms with van der Waals surface area (Å²) in [6, 6.07) is 16.8. The molecule has 1 unspecified atom stereocenters. The van der Waals surface area contributed by atoms with Crippen molar-refractivity contribution in [1.29, 1.82) is 0 Å². The zero-order valence-corrected chi connectivity index (χ0v) is 10.5. The Labute approximate surface area is 108 Å². The predicted octanol–water partition coefficient (Wildman–Crippen LogP) is 3.58. The van der Waals surface area contributed by atoms with Gasteiger partial charge in [-0.25, -0.2) is 0 Å². The number of para-hydroxylation sites is 1. The average Bonchev–Trinajstić information content (AvgIpc) is 2.80. The lowest BCUT2D eigenvalue weighted by Crippen LogP contribution is -2.13. The second-order valence-corrected chi connectivity index (χ2v) is 4.80. The molecule has 0 bridgehead atoms. The maximum Gasteiger partial charge on any atom is 0.122 e. The first-order valence-electron chi connectivity index (χ1n) is 6.35. The molecule has 1 aliphatic heterocycles. The number of rotatable bonds is 3. The normalized spacial score (nSPS) is 17.1. The van der Waals surface area contributed by atoms with Crippen LogP contribution in [0.5, 0.6) is 5.75 Å². The van der Waals surface area contributed by atoms with Gasteiger partial charge in [0.1, 0.15) is 5.75 Å². The van der Waals surface area contributed by atoms with Crippen LogP contribution in [0.1, 0.15) is 17.0 Å². The summed E-state index contributed by atoms with van der Waals surface area (Å²) in [5.74, 6) is 1.48. The summed E-state index contributed by atoms with van der Waals surface area (Å²) in [5, 5.41) is 3.49. The van der Waals surface area contributed by atoms with E-state index < -0.39 is 0 Å². The number of benzene rings is 2. The molecule has 2 aromatic rings. The molecule has 0 fully saturated rings. The fourth-order valence-corrected chi connectivity index (χ4v) is 2.39. The van der Waals surface area contributed by atoms with Gasteiger partial charge in [-0.1, -0.05) is 30.3 Å². The van der Waals surface area contributed by atoms with E-state index in [1.54, 1.807) is 0 Å². The first-order valence-corrected chi connectivity index (χ1v) is 6.35. The largest absolute Gasteiger partial charge is 0.493 e. The molecule has 1 N–H and O–H groups in total. The number of nitrogens with one attached hydrogen (secondary N) is 1. The molecule has 1 atom stereocenters. The van der Waals surface area contributed by atoms with Gasteiger partial charge in [0.25, 0.3) is 0 Å². The van der Waals surface area contributed by atoms with Crippen LogP contribution in [0.4, 0.5) is 5.69 Å². The smallest absolute Gasteiger partial charge is 0.122 e. The van der Waals surface area contributed by atoms with Gasteiger partial charge in [-0.05, 0) is 30.7 Å². The van der Waals surface area contributed by atoms with Gasteiger partial charge in [-0.2, -0.15) is 0 Å². The second kappa shape index (κ2) is 4.73. The second-order valence-electron chi connectivity index (χ2n) is 4.80. The van der Waals surface area contributed by atoms with Gasteiger partial charge in [0.2, 0.25) is 0 Å². The van der Waals surface area contributed by atoms with Crippen LogP contribution in [-0.2, 0) is 0 Å². The van der Waals surface area contributed by atoms with Crippen LogP contribution in [0.25, 0.3) is 0 Å². The Balaban J connectivity index is 1.69.